The number of benzene rings is 1. The molecule has 1 aliphatic carbocycles. The average Bonchev–Trinajstić information content (AvgIpc) is 3.15. The van der Waals surface area contributed by atoms with Crippen molar-refractivity contribution in [2.45, 2.75) is 25.7 Å². The monoisotopic (exact) mass is 249 g/mol. The first-order valence-electron chi connectivity index (χ1n) is 6.15. The number of methoxy groups -OCH3 is 1. The third kappa shape index (κ3) is 3.19. The summed E-state index contributed by atoms with van der Waals surface area (Å²) in [6.07, 6.45) is 2.19. The highest BCUT2D eigenvalue weighted by Crippen LogP contribution is 2.47. The fourth-order valence-corrected chi connectivity index (χ4v) is 2.21. The molecule has 0 amide bonds. The Kier molecular flexibility index (Phi) is 4.00. The smallest absolute Gasteiger partial charge is 0.119 e. The molecule has 0 saturated heterocycles. The maximum Gasteiger partial charge on any atom is 0.119 e. The summed E-state index contributed by atoms with van der Waals surface area (Å²) in [6.45, 7) is 3.09. The summed E-state index contributed by atoms with van der Waals surface area (Å²) in [5.41, 5.74) is 1.39. The Morgan fingerprint density at radius 3 is 3.06 bits per heavy atom. The Hall–Kier alpha value is -1.09. The van der Waals surface area contributed by atoms with E-state index in [9.17, 15) is 0 Å². The maximum atomic E-state index is 5.25. The maximum absolute atomic E-state index is 5.25. The minimum atomic E-state index is 0.678. The normalized spacial score (nSPS) is 22.0. The number of nitrogens with one attached hydrogen (secondary N) is 1. The van der Waals surface area contributed by atoms with Crippen LogP contribution in [0, 0.1) is 5.92 Å². The van der Waals surface area contributed by atoms with E-state index in [0.29, 0.717) is 5.92 Å². The molecule has 1 fully saturated rings. The molecule has 2 rings (SSSR count). The van der Waals surface area contributed by atoms with Crippen LogP contribution in [-0.2, 0) is 0 Å². The highest BCUT2D eigenvalue weighted by Gasteiger charge is 2.38. The fraction of sp³-hybridized carbons (Fsp3) is 0.500. The third-order valence-corrected chi connectivity index (χ3v) is 3.76. The zero-order chi connectivity index (χ0) is 12.3. The first kappa shape index (κ1) is 12.4. The Bertz CT molecular complexity index is 405. The molecular formula is C14H19NOS. The van der Waals surface area contributed by atoms with Crippen LogP contribution in [0.25, 0.3) is 0 Å². The second kappa shape index (κ2) is 5.50. The zero-order valence-corrected chi connectivity index (χ0v) is 11.2. The number of hydrogen-bond acceptors (Lipinski definition) is 2. The molecule has 0 radical (unpaired) electrons. The van der Waals surface area contributed by atoms with E-state index in [1.807, 2.05) is 6.07 Å². The predicted molar refractivity (Wildman–Crippen MR) is 74.7 cm³/mol. The number of ether oxygens (including phenoxy) is 1. The number of thiocarbonyl (C=S) groups is 1. The largest absolute Gasteiger partial charge is 0.497 e. The van der Waals surface area contributed by atoms with Gasteiger partial charge in [-0.1, -0.05) is 31.3 Å². The van der Waals surface area contributed by atoms with Crippen LogP contribution in [0.5, 0.6) is 5.75 Å². The molecule has 0 aliphatic heterocycles. The van der Waals surface area contributed by atoms with Crippen molar-refractivity contribution < 1.29 is 4.74 Å². The molecule has 92 valence electrons. The van der Waals surface area contributed by atoms with Gasteiger partial charge in [0.1, 0.15) is 5.75 Å². The molecule has 2 unspecified atom stereocenters. The predicted octanol–water partition coefficient (Wildman–Crippen LogP) is 3.13. The minimum Gasteiger partial charge on any atom is -0.497 e. The third-order valence-electron chi connectivity index (χ3n) is 3.33. The Balaban J connectivity index is 1.87. The molecule has 0 aromatic heterocycles. The summed E-state index contributed by atoms with van der Waals surface area (Å²) in [5, 5.41) is 3.32. The van der Waals surface area contributed by atoms with Gasteiger partial charge < -0.3 is 10.1 Å². The van der Waals surface area contributed by atoms with Gasteiger partial charge in [-0.3, -0.25) is 0 Å². The van der Waals surface area contributed by atoms with Gasteiger partial charge in [0.05, 0.1) is 12.1 Å². The van der Waals surface area contributed by atoms with Gasteiger partial charge in [0, 0.05) is 6.54 Å². The van der Waals surface area contributed by atoms with E-state index in [-0.39, 0.29) is 0 Å². The molecule has 17 heavy (non-hydrogen) atoms. The topological polar surface area (TPSA) is 21.3 Å². The first-order valence-corrected chi connectivity index (χ1v) is 6.56. The minimum absolute atomic E-state index is 0.678. The van der Waals surface area contributed by atoms with Gasteiger partial charge in [-0.15, -0.1) is 0 Å². The van der Waals surface area contributed by atoms with Gasteiger partial charge in [0.25, 0.3) is 0 Å². The molecule has 1 aliphatic rings. The van der Waals surface area contributed by atoms with Gasteiger partial charge in [-0.05, 0) is 42.4 Å². The fourth-order valence-electron chi connectivity index (χ4n) is 2.12. The van der Waals surface area contributed by atoms with Crippen molar-refractivity contribution in [3.05, 3.63) is 29.8 Å². The standard InChI is InChI=1S/C14H19NOS/c1-3-14(17)15-9-11-8-13(11)10-5-4-6-12(7-10)16-2/h4-7,11,13H,3,8-9H2,1-2H3,(H,15,17). The molecule has 1 aromatic rings. The summed E-state index contributed by atoms with van der Waals surface area (Å²) in [7, 11) is 1.71. The van der Waals surface area contributed by atoms with E-state index in [0.717, 1.165) is 29.6 Å². The summed E-state index contributed by atoms with van der Waals surface area (Å²) >= 11 is 5.17. The van der Waals surface area contributed by atoms with Crippen molar-refractivity contribution in [1.82, 2.24) is 5.32 Å². The Morgan fingerprint density at radius 1 is 1.53 bits per heavy atom. The van der Waals surface area contributed by atoms with Crippen molar-refractivity contribution in [1.29, 1.82) is 0 Å². The van der Waals surface area contributed by atoms with Crippen molar-refractivity contribution >= 4 is 17.2 Å². The highest BCUT2D eigenvalue weighted by molar-refractivity contribution is 7.80. The van der Waals surface area contributed by atoms with Gasteiger partial charge in [-0.25, -0.2) is 0 Å². The van der Waals surface area contributed by atoms with Gasteiger partial charge in [-0.2, -0.15) is 0 Å². The lowest BCUT2D eigenvalue weighted by Crippen LogP contribution is -2.23. The van der Waals surface area contributed by atoms with Gasteiger partial charge in [0.2, 0.25) is 0 Å². The van der Waals surface area contributed by atoms with E-state index in [2.05, 4.69) is 30.4 Å². The first-order chi connectivity index (χ1) is 8.24. The Morgan fingerprint density at radius 2 is 2.35 bits per heavy atom. The summed E-state index contributed by atoms with van der Waals surface area (Å²) in [5.74, 6) is 2.36. The lowest BCUT2D eigenvalue weighted by molar-refractivity contribution is 0.414. The van der Waals surface area contributed by atoms with Gasteiger partial charge >= 0.3 is 0 Å². The van der Waals surface area contributed by atoms with Crippen molar-refractivity contribution in [3.63, 3.8) is 0 Å². The quantitative estimate of drug-likeness (QED) is 0.810. The van der Waals surface area contributed by atoms with Crippen molar-refractivity contribution in [2.75, 3.05) is 13.7 Å². The van der Waals surface area contributed by atoms with Crippen LogP contribution in [0.2, 0.25) is 0 Å². The summed E-state index contributed by atoms with van der Waals surface area (Å²) in [6, 6.07) is 8.38. The molecule has 2 atom stereocenters. The zero-order valence-electron chi connectivity index (χ0n) is 10.4. The van der Waals surface area contributed by atoms with E-state index in [1.165, 1.54) is 12.0 Å². The SMILES string of the molecule is CCC(=S)NCC1CC1c1cccc(OC)c1. The van der Waals surface area contributed by atoms with E-state index in [4.69, 9.17) is 17.0 Å². The van der Waals surface area contributed by atoms with Crippen LogP contribution < -0.4 is 10.1 Å². The second-order valence-corrected chi connectivity index (χ2v) is 5.03. The van der Waals surface area contributed by atoms with Crippen LogP contribution in [0.4, 0.5) is 0 Å². The molecule has 2 nitrogen and oxygen atoms in total. The molecule has 1 aromatic carbocycles. The molecule has 1 saturated carbocycles. The van der Waals surface area contributed by atoms with E-state index in [1.54, 1.807) is 7.11 Å². The van der Waals surface area contributed by atoms with E-state index < -0.39 is 0 Å². The molecule has 0 heterocycles. The van der Waals surface area contributed by atoms with Crippen LogP contribution >= 0.6 is 12.2 Å². The molecular weight excluding hydrogens is 230 g/mol. The summed E-state index contributed by atoms with van der Waals surface area (Å²) in [4.78, 5) is 0.973. The molecule has 0 bridgehead atoms. The lowest BCUT2D eigenvalue weighted by Gasteiger charge is -2.06. The second-order valence-electron chi connectivity index (χ2n) is 4.54. The van der Waals surface area contributed by atoms with Crippen LogP contribution in [0.15, 0.2) is 24.3 Å². The van der Waals surface area contributed by atoms with Crippen LogP contribution in [-0.4, -0.2) is 18.6 Å². The van der Waals surface area contributed by atoms with Crippen LogP contribution in [0.3, 0.4) is 0 Å². The number of rotatable bonds is 5. The molecule has 0 spiro atoms. The molecule has 3 heteroatoms. The number of hydrogen-bond donors (Lipinski definition) is 1. The Labute approximate surface area is 108 Å². The summed E-state index contributed by atoms with van der Waals surface area (Å²) < 4.78 is 5.25. The highest BCUT2D eigenvalue weighted by atomic mass is 32.1. The van der Waals surface area contributed by atoms with Gasteiger partial charge in [0.15, 0.2) is 0 Å². The lowest BCUT2D eigenvalue weighted by atomic mass is 10.1. The molecule has 1 N–H and O–H groups in total. The average molecular weight is 249 g/mol. The van der Waals surface area contributed by atoms with Crippen molar-refractivity contribution in [3.8, 4) is 5.75 Å². The van der Waals surface area contributed by atoms with Crippen molar-refractivity contribution in [2.24, 2.45) is 5.92 Å². The van der Waals surface area contributed by atoms with Crippen LogP contribution in [0.1, 0.15) is 31.2 Å². The van der Waals surface area contributed by atoms with E-state index >= 15 is 0 Å².